The van der Waals surface area contributed by atoms with Crippen molar-refractivity contribution in [2.24, 2.45) is 18.9 Å². The van der Waals surface area contributed by atoms with Crippen LogP contribution in [0.1, 0.15) is 20.8 Å². The summed E-state index contributed by atoms with van der Waals surface area (Å²) < 4.78 is 5.82. The minimum Gasteiger partial charge on any atom is -0.312 e. The van der Waals surface area contributed by atoms with E-state index < -0.39 is 0 Å². The zero-order valence-electron chi connectivity index (χ0n) is 16.5. The van der Waals surface area contributed by atoms with E-state index in [0.717, 1.165) is 16.7 Å². The molecule has 0 bridgehead atoms. The van der Waals surface area contributed by atoms with E-state index in [0.29, 0.717) is 36.1 Å². The van der Waals surface area contributed by atoms with Crippen molar-refractivity contribution < 1.29 is 0 Å². The van der Waals surface area contributed by atoms with Crippen LogP contribution in [0.25, 0.3) is 11.2 Å². The predicted octanol–water partition coefficient (Wildman–Crippen LogP) is 3.10. The van der Waals surface area contributed by atoms with Gasteiger partial charge in [0, 0.05) is 36.8 Å². The molecule has 0 amide bonds. The topological polar surface area (TPSA) is 65.1 Å². The summed E-state index contributed by atoms with van der Waals surface area (Å²) in [6, 6.07) is 8.05. The molecule has 0 aliphatic carbocycles. The Kier molecular flexibility index (Phi) is 4.69. The second-order valence-corrected chi connectivity index (χ2v) is 8.95. The summed E-state index contributed by atoms with van der Waals surface area (Å²) in [7, 11) is 1.69. The fourth-order valence-corrected chi connectivity index (χ4v) is 4.13. The van der Waals surface area contributed by atoms with Gasteiger partial charge in [-0.1, -0.05) is 36.7 Å². The Bertz CT molecular complexity index is 1160. The molecule has 1 aromatic carbocycles. The number of aromatic nitrogens is 4. The van der Waals surface area contributed by atoms with Gasteiger partial charge in [-0.05, 0) is 36.1 Å². The zero-order chi connectivity index (χ0) is 20.2. The molecule has 7 nitrogen and oxygen atoms in total. The highest BCUT2D eigenvalue weighted by Crippen LogP contribution is 2.33. The van der Waals surface area contributed by atoms with E-state index in [9.17, 15) is 9.59 Å². The Morgan fingerprint density at radius 1 is 1.18 bits per heavy atom. The number of benzene rings is 1. The van der Waals surface area contributed by atoms with Gasteiger partial charge in [0.25, 0.3) is 5.56 Å². The first-order valence-electron chi connectivity index (χ1n) is 9.51. The fourth-order valence-electron chi connectivity index (χ4n) is 3.87. The Morgan fingerprint density at radius 3 is 2.50 bits per heavy atom. The second kappa shape index (κ2) is 6.92. The maximum Gasteiger partial charge on any atom is 0.332 e. The van der Waals surface area contributed by atoms with Crippen LogP contribution < -0.4 is 16.1 Å². The average Bonchev–Trinajstić information content (AvgIpc) is 3.03. The Hall–Kier alpha value is -2.35. The molecule has 3 aromatic rings. The van der Waals surface area contributed by atoms with E-state index in [1.165, 1.54) is 9.13 Å². The predicted molar refractivity (Wildman–Crippen MR) is 114 cm³/mol. The molecule has 1 atom stereocenters. The van der Waals surface area contributed by atoms with Gasteiger partial charge in [-0.3, -0.25) is 13.9 Å². The molecule has 3 heterocycles. The van der Waals surface area contributed by atoms with Crippen molar-refractivity contribution >= 4 is 38.7 Å². The van der Waals surface area contributed by atoms with E-state index in [1.54, 1.807) is 7.05 Å². The van der Waals surface area contributed by atoms with Crippen LogP contribution in [0.15, 0.2) is 38.3 Å². The van der Waals surface area contributed by atoms with Gasteiger partial charge in [0.2, 0.25) is 5.95 Å². The first-order chi connectivity index (χ1) is 13.3. The summed E-state index contributed by atoms with van der Waals surface area (Å²) in [4.78, 5) is 32.9. The molecule has 0 radical (unpaired) electrons. The number of fused-ring (bicyclic) bond motifs is 3. The number of hydrogen-bond acceptors (Lipinski definition) is 4. The Morgan fingerprint density at radius 2 is 1.86 bits per heavy atom. The van der Waals surface area contributed by atoms with E-state index >= 15 is 0 Å². The number of hydrogen-bond donors (Lipinski definition) is 0. The van der Waals surface area contributed by atoms with Crippen LogP contribution in [-0.4, -0.2) is 25.2 Å². The number of aryl methyl sites for hydroxylation is 1. The van der Waals surface area contributed by atoms with Crippen LogP contribution in [0.5, 0.6) is 0 Å². The maximum absolute atomic E-state index is 13.2. The van der Waals surface area contributed by atoms with Gasteiger partial charge in [-0.2, -0.15) is 4.98 Å². The van der Waals surface area contributed by atoms with Gasteiger partial charge in [0.1, 0.15) is 0 Å². The zero-order valence-corrected chi connectivity index (χ0v) is 18.1. The molecule has 28 heavy (non-hydrogen) atoms. The standard InChI is InChI=1S/C20H24BrN5O2/c1-12(2)9-26-18(27)16-17(23(4)20(26)28)22-19-24(10-13(3)11-25(16)19)15-7-5-14(21)6-8-15/h5-8,12-13H,9-11H2,1-4H3/t13-/m0/s1. The summed E-state index contributed by atoms with van der Waals surface area (Å²) in [5.41, 5.74) is 1.40. The van der Waals surface area contributed by atoms with E-state index in [2.05, 4.69) is 27.8 Å². The third kappa shape index (κ3) is 2.99. The fraction of sp³-hybridized carbons (Fsp3) is 0.450. The Labute approximate surface area is 171 Å². The number of halogens is 1. The molecule has 1 aliphatic rings. The van der Waals surface area contributed by atoms with Gasteiger partial charge in [0.05, 0.1) is 0 Å². The van der Waals surface area contributed by atoms with Crippen LogP contribution in [0.2, 0.25) is 0 Å². The van der Waals surface area contributed by atoms with E-state index in [1.807, 2.05) is 42.7 Å². The first kappa shape index (κ1) is 19.0. The lowest BCUT2D eigenvalue weighted by molar-refractivity contribution is 0.454. The highest BCUT2D eigenvalue weighted by Gasteiger charge is 2.29. The average molecular weight is 446 g/mol. The monoisotopic (exact) mass is 445 g/mol. The molecular formula is C20H24BrN5O2. The lowest BCUT2D eigenvalue weighted by Gasteiger charge is -2.33. The SMILES string of the molecule is CC(C)Cn1c(=O)c2c(nc3n2C[C@@H](C)CN3c2ccc(Br)cc2)n(C)c1=O. The van der Waals surface area contributed by atoms with Gasteiger partial charge < -0.3 is 9.47 Å². The summed E-state index contributed by atoms with van der Waals surface area (Å²) in [6.45, 7) is 8.06. The van der Waals surface area contributed by atoms with Crippen molar-refractivity contribution in [1.29, 1.82) is 0 Å². The molecule has 148 valence electrons. The number of imidazole rings is 1. The highest BCUT2D eigenvalue weighted by molar-refractivity contribution is 9.10. The molecular weight excluding hydrogens is 422 g/mol. The summed E-state index contributed by atoms with van der Waals surface area (Å²) in [5.74, 6) is 1.25. The van der Waals surface area contributed by atoms with Gasteiger partial charge in [-0.15, -0.1) is 0 Å². The van der Waals surface area contributed by atoms with E-state index in [-0.39, 0.29) is 17.2 Å². The molecule has 0 N–H and O–H groups in total. The lowest BCUT2D eigenvalue weighted by Crippen LogP contribution is -2.41. The van der Waals surface area contributed by atoms with Crippen molar-refractivity contribution in [3.05, 3.63) is 49.6 Å². The number of anilines is 2. The molecule has 2 aromatic heterocycles. The molecule has 8 heteroatoms. The Balaban J connectivity index is 1.99. The largest absolute Gasteiger partial charge is 0.332 e. The third-order valence-corrected chi connectivity index (χ3v) is 5.66. The minimum absolute atomic E-state index is 0.199. The van der Waals surface area contributed by atoms with Crippen molar-refractivity contribution in [3.8, 4) is 0 Å². The van der Waals surface area contributed by atoms with Crippen LogP contribution in [-0.2, 0) is 20.1 Å². The van der Waals surface area contributed by atoms with Crippen molar-refractivity contribution in [2.75, 3.05) is 11.4 Å². The van der Waals surface area contributed by atoms with Crippen LogP contribution >= 0.6 is 15.9 Å². The summed E-state index contributed by atoms with van der Waals surface area (Å²) in [5, 5.41) is 0. The van der Waals surface area contributed by atoms with E-state index in [4.69, 9.17) is 4.98 Å². The number of nitrogens with zero attached hydrogens (tertiary/aromatic N) is 5. The normalized spacial score (nSPS) is 16.8. The van der Waals surface area contributed by atoms with Gasteiger partial charge in [-0.25, -0.2) is 4.79 Å². The van der Waals surface area contributed by atoms with Crippen molar-refractivity contribution in [2.45, 2.75) is 33.9 Å². The number of rotatable bonds is 3. The lowest BCUT2D eigenvalue weighted by atomic mass is 10.1. The second-order valence-electron chi connectivity index (χ2n) is 8.04. The quantitative estimate of drug-likeness (QED) is 0.621. The summed E-state index contributed by atoms with van der Waals surface area (Å²) in [6.07, 6.45) is 0. The molecule has 0 unspecified atom stereocenters. The highest BCUT2D eigenvalue weighted by atomic mass is 79.9. The molecule has 0 spiro atoms. The van der Waals surface area contributed by atoms with Gasteiger partial charge >= 0.3 is 5.69 Å². The van der Waals surface area contributed by atoms with Crippen LogP contribution in [0.4, 0.5) is 11.6 Å². The third-order valence-electron chi connectivity index (χ3n) is 5.13. The molecule has 1 aliphatic heterocycles. The first-order valence-corrected chi connectivity index (χ1v) is 10.3. The maximum atomic E-state index is 13.2. The molecule has 0 saturated heterocycles. The van der Waals surface area contributed by atoms with Crippen molar-refractivity contribution in [3.63, 3.8) is 0 Å². The minimum atomic E-state index is -0.315. The molecule has 0 fully saturated rings. The van der Waals surface area contributed by atoms with Gasteiger partial charge in [0.15, 0.2) is 11.2 Å². The summed E-state index contributed by atoms with van der Waals surface area (Å²) >= 11 is 3.47. The van der Waals surface area contributed by atoms with Crippen molar-refractivity contribution in [1.82, 2.24) is 18.7 Å². The van der Waals surface area contributed by atoms with Crippen LogP contribution in [0, 0.1) is 11.8 Å². The van der Waals surface area contributed by atoms with Crippen LogP contribution in [0.3, 0.4) is 0 Å². The molecule has 4 rings (SSSR count). The smallest absolute Gasteiger partial charge is 0.312 e. The molecule has 0 saturated carbocycles.